The Hall–Kier alpha value is -2.18. The molecule has 0 spiro atoms. The second-order valence-electron chi connectivity index (χ2n) is 6.95. The maximum absolute atomic E-state index is 12.2. The van der Waals surface area contributed by atoms with Gasteiger partial charge in [-0.25, -0.2) is 0 Å². The number of hydrazone groups is 1. The second kappa shape index (κ2) is 12.2. The molecular formula is C18H33N5O2. The molecule has 5 N–H and O–H groups in total. The number of unbranched alkanes of at least 4 members (excludes halogenated alkanes) is 4. The quantitative estimate of drug-likeness (QED) is 0.173. The number of amides is 2. The van der Waals surface area contributed by atoms with Crippen LogP contribution in [0.15, 0.2) is 22.2 Å². The summed E-state index contributed by atoms with van der Waals surface area (Å²) in [5, 5.41) is 6.51. The van der Waals surface area contributed by atoms with Gasteiger partial charge >= 0.3 is 0 Å². The van der Waals surface area contributed by atoms with E-state index in [1.165, 1.54) is 24.8 Å². The van der Waals surface area contributed by atoms with E-state index in [9.17, 15) is 9.59 Å². The van der Waals surface area contributed by atoms with E-state index >= 15 is 0 Å². The van der Waals surface area contributed by atoms with Gasteiger partial charge in [-0.2, -0.15) is 5.10 Å². The summed E-state index contributed by atoms with van der Waals surface area (Å²) in [6.45, 7) is 7.94. The standard InChI is InChI=1S/C18H33N5O2/c1-5-6-7-8-9-10-17(25)22-14(11-12-16(19)24)15(23-20)13-21-18(2,3)4/h11-14H,5-10,20H2,1-4H3,(H2,19,24)(H,22,25)/b12-11+,21-13?,23-15?. The van der Waals surface area contributed by atoms with Gasteiger partial charge < -0.3 is 16.9 Å². The molecule has 1 atom stereocenters. The number of primary amides is 1. The molecule has 1 unspecified atom stereocenters. The maximum atomic E-state index is 12.2. The Labute approximate surface area is 151 Å². The van der Waals surface area contributed by atoms with Gasteiger partial charge in [0.1, 0.15) is 5.71 Å². The van der Waals surface area contributed by atoms with Crippen LogP contribution in [-0.2, 0) is 9.59 Å². The van der Waals surface area contributed by atoms with Crippen LogP contribution in [0.2, 0.25) is 0 Å². The van der Waals surface area contributed by atoms with Crippen molar-refractivity contribution in [2.75, 3.05) is 0 Å². The van der Waals surface area contributed by atoms with Crippen molar-refractivity contribution in [1.82, 2.24) is 5.32 Å². The molecule has 0 aromatic rings. The molecule has 0 aliphatic heterocycles. The number of hydrogen-bond acceptors (Lipinski definition) is 5. The zero-order chi connectivity index (χ0) is 19.3. The summed E-state index contributed by atoms with van der Waals surface area (Å²) in [5.74, 6) is 4.70. The van der Waals surface area contributed by atoms with Gasteiger partial charge in [-0.1, -0.05) is 38.7 Å². The molecule has 0 saturated heterocycles. The van der Waals surface area contributed by atoms with Crippen molar-refractivity contribution in [3.8, 4) is 0 Å². The summed E-state index contributed by atoms with van der Waals surface area (Å²) in [7, 11) is 0. The van der Waals surface area contributed by atoms with Gasteiger partial charge in [0.2, 0.25) is 11.8 Å². The topological polar surface area (TPSA) is 123 Å². The molecule has 0 aliphatic rings. The van der Waals surface area contributed by atoms with Gasteiger partial charge in [0.05, 0.1) is 11.6 Å². The number of carbonyl (C=O) groups is 2. The van der Waals surface area contributed by atoms with Gasteiger partial charge in [-0.3, -0.25) is 14.6 Å². The fourth-order valence-electron chi connectivity index (χ4n) is 2.00. The smallest absolute Gasteiger partial charge is 0.241 e. The molecule has 0 aromatic carbocycles. The third-order valence-corrected chi connectivity index (χ3v) is 3.33. The maximum Gasteiger partial charge on any atom is 0.241 e. The van der Waals surface area contributed by atoms with Crippen molar-refractivity contribution in [3.63, 3.8) is 0 Å². The third kappa shape index (κ3) is 12.9. The lowest BCUT2D eigenvalue weighted by Gasteiger charge is -2.16. The average molecular weight is 351 g/mol. The molecular weight excluding hydrogens is 318 g/mol. The SMILES string of the molecule is CCCCCCCC(=O)NC(/C=C/C(N)=O)C(C=NC(C)(C)C)=NN. The molecule has 0 rings (SSSR count). The van der Waals surface area contributed by atoms with Crippen LogP contribution in [0.4, 0.5) is 0 Å². The Balaban J connectivity index is 4.89. The third-order valence-electron chi connectivity index (χ3n) is 3.33. The highest BCUT2D eigenvalue weighted by molar-refractivity contribution is 6.34. The van der Waals surface area contributed by atoms with Crippen LogP contribution >= 0.6 is 0 Å². The van der Waals surface area contributed by atoms with Crippen LogP contribution in [0, 0.1) is 0 Å². The molecule has 2 amide bonds. The van der Waals surface area contributed by atoms with Crippen molar-refractivity contribution >= 4 is 23.7 Å². The second-order valence-corrected chi connectivity index (χ2v) is 6.95. The normalized spacial score (nSPS) is 14.2. The average Bonchev–Trinajstić information content (AvgIpc) is 2.51. The fourth-order valence-corrected chi connectivity index (χ4v) is 2.00. The predicted octanol–water partition coefficient (Wildman–Crippen LogP) is 2.06. The first-order valence-corrected chi connectivity index (χ1v) is 8.79. The summed E-state index contributed by atoms with van der Waals surface area (Å²) in [4.78, 5) is 27.5. The summed E-state index contributed by atoms with van der Waals surface area (Å²) in [5.41, 5.74) is 5.18. The number of carbonyl (C=O) groups excluding carboxylic acids is 2. The molecule has 25 heavy (non-hydrogen) atoms. The molecule has 0 bridgehead atoms. The summed E-state index contributed by atoms with van der Waals surface area (Å²) >= 11 is 0. The van der Waals surface area contributed by atoms with E-state index in [2.05, 4.69) is 22.3 Å². The zero-order valence-corrected chi connectivity index (χ0v) is 15.9. The molecule has 7 nitrogen and oxygen atoms in total. The molecule has 142 valence electrons. The van der Waals surface area contributed by atoms with Crippen LogP contribution in [0.3, 0.4) is 0 Å². The lowest BCUT2D eigenvalue weighted by atomic mass is 10.1. The summed E-state index contributed by atoms with van der Waals surface area (Å²) < 4.78 is 0. The van der Waals surface area contributed by atoms with Crippen molar-refractivity contribution in [2.45, 2.75) is 77.8 Å². The number of aliphatic imine (C=N–C) groups is 1. The number of nitrogens with zero attached hydrogens (tertiary/aromatic N) is 2. The Bertz CT molecular complexity index is 504. The van der Waals surface area contributed by atoms with E-state index in [0.29, 0.717) is 12.1 Å². The number of hydrogen-bond donors (Lipinski definition) is 3. The van der Waals surface area contributed by atoms with Crippen LogP contribution in [0.25, 0.3) is 0 Å². The van der Waals surface area contributed by atoms with Gasteiger partial charge in [-0.15, -0.1) is 0 Å². The van der Waals surface area contributed by atoms with E-state index < -0.39 is 11.9 Å². The van der Waals surface area contributed by atoms with E-state index in [0.717, 1.165) is 25.7 Å². The van der Waals surface area contributed by atoms with Crippen molar-refractivity contribution in [3.05, 3.63) is 12.2 Å². The minimum Gasteiger partial charge on any atom is -0.366 e. The molecule has 0 aromatic heterocycles. The predicted molar refractivity (Wildman–Crippen MR) is 104 cm³/mol. The fraction of sp³-hybridized carbons (Fsp3) is 0.667. The number of nitrogens with two attached hydrogens (primary N) is 2. The number of rotatable bonds is 11. The first kappa shape index (κ1) is 22.8. The lowest BCUT2D eigenvalue weighted by Crippen LogP contribution is -2.41. The Kier molecular flexibility index (Phi) is 11.2. The van der Waals surface area contributed by atoms with Crippen molar-refractivity contribution < 1.29 is 9.59 Å². The highest BCUT2D eigenvalue weighted by Gasteiger charge is 2.16. The lowest BCUT2D eigenvalue weighted by molar-refractivity contribution is -0.121. The van der Waals surface area contributed by atoms with Gasteiger partial charge in [0, 0.05) is 18.7 Å². The van der Waals surface area contributed by atoms with Crippen LogP contribution in [0.5, 0.6) is 0 Å². The highest BCUT2D eigenvalue weighted by atomic mass is 16.2. The Morgan fingerprint density at radius 3 is 2.32 bits per heavy atom. The van der Waals surface area contributed by atoms with Crippen LogP contribution in [0.1, 0.15) is 66.2 Å². The first-order chi connectivity index (χ1) is 11.7. The minimum atomic E-state index is -0.647. The molecule has 0 saturated carbocycles. The zero-order valence-electron chi connectivity index (χ0n) is 15.9. The van der Waals surface area contributed by atoms with E-state index in [4.69, 9.17) is 11.6 Å². The van der Waals surface area contributed by atoms with Crippen molar-refractivity contribution in [2.24, 2.45) is 21.7 Å². The highest BCUT2D eigenvalue weighted by Crippen LogP contribution is 2.07. The van der Waals surface area contributed by atoms with Gasteiger partial charge in [0.25, 0.3) is 0 Å². The van der Waals surface area contributed by atoms with E-state index in [1.54, 1.807) is 0 Å². The Morgan fingerprint density at radius 1 is 1.16 bits per heavy atom. The monoisotopic (exact) mass is 351 g/mol. The van der Waals surface area contributed by atoms with E-state index in [1.807, 2.05) is 20.8 Å². The summed E-state index contributed by atoms with van der Waals surface area (Å²) in [6.07, 6.45) is 9.89. The van der Waals surface area contributed by atoms with Gasteiger partial charge in [-0.05, 0) is 27.2 Å². The van der Waals surface area contributed by atoms with Gasteiger partial charge in [0.15, 0.2) is 0 Å². The largest absolute Gasteiger partial charge is 0.366 e. The first-order valence-electron chi connectivity index (χ1n) is 8.79. The molecule has 0 aliphatic carbocycles. The van der Waals surface area contributed by atoms with E-state index in [-0.39, 0.29) is 11.4 Å². The molecule has 7 heteroatoms. The van der Waals surface area contributed by atoms with Crippen LogP contribution in [-0.4, -0.2) is 35.3 Å². The van der Waals surface area contributed by atoms with Crippen LogP contribution < -0.4 is 16.9 Å². The minimum absolute atomic E-state index is 0.124. The number of nitrogens with one attached hydrogen (secondary N) is 1. The summed E-state index contributed by atoms with van der Waals surface area (Å²) in [6, 6.07) is -0.647. The molecule has 0 radical (unpaired) electrons. The molecule has 0 fully saturated rings. The molecule has 0 heterocycles. The van der Waals surface area contributed by atoms with Crippen molar-refractivity contribution in [1.29, 1.82) is 0 Å². The Morgan fingerprint density at radius 2 is 1.80 bits per heavy atom.